The minimum absolute atomic E-state index is 0.0467. The molecule has 2 aromatic rings. The third kappa shape index (κ3) is 1.95. The molecule has 0 saturated heterocycles. The van der Waals surface area contributed by atoms with E-state index in [0.29, 0.717) is 33.5 Å². The molecule has 2 rings (SSSR count). The van der Waals surface area contributed by atoms with Crippen molar-refractivity contribution in [1.82, 2.24) is 0 Å². The topological polar surface area (TPSA) is 49.7 Å². The molecule has 0 unspecified atom stereocenters. The fourth-order valence-corrected chi connectivity index (χ4v) is 2.33. The van der Waals surface area contributed by atoms with Crippen molar-refractivity contribution < 1.29 is 14.9 Å². The molecule has 0 radical (unpaired) electrons. The average Bonchev–Trinajstić information content (AvgIpc) is 2.36. The molecule has 0 spiro atoms. The van der Waals surface area contributed by atoms with Crippen LogP contribution in [0.3, 0.4) is 0 Å². The molecule has 2 N–H and O–H groups in total. The molecule has 0 aliphatic carbocycles. The standard InChI is InChI=1S/C14H15ClO3/c1-3-4-10-12(16)11-7-8(15)5-6-9(11)13(17)14(10)18-2/h5-7,16-17H,3-4H2,1-2H3. The van der Waals surface area contributed by atoms with Crippen LogP contribution in [0.4, 0.5) is 0 Å². The Hall–Kier alpha value is -1.61. The minimum atomic E-state index is 0.0467. The molecule has 0 fully saturated rings. The van der Waals surface area contributed by atoms with Crippen LogP contribution in [-0.4, -0.2) is 17.3 Å². The molecule has 4 heteroatoms. The van der Waals surface area contributed by atoms with Crippen LogP contribution < -0.4 is 4.74 Å². The smallest absolute Gasteiger partial charge is 0.168 e. The third-order valence-corrected chi connectivity index (χ3v) is 3.21. The Bertz CT molecular complexity index is 593. The maximum Gasteiger partial charge on any atom is 0.168 e. The summed E-state index contributed by atoms with van der Waals surface area (Å²) in [6, 6.07) is 4.98. The first-order chi connectivity index (χ1) is 8.60. The molecule has 96 valence electrons. The number of benzene rings is 2. The highest BCUT2D eigenvalue weighted by Crippen LogP contribution is 2.45. The summed E-state index contributed by atoms with van der Waals surface area (Å²) in [7, 11) is 1.48. The van der Waals surface area contributed by atoms with E-state index in [-0.39, 0.29) is 11.5 Å². The van der Waals surface area contributed by atoms with Gasteiger partial charge in [-0.15, -0.1) is 0 Å². The molecular formula is C14H15ClO3. The fraction of sp³-hybridized carbons (Fsp3) is 0.286. The van der Waals surface area contributed by atoms with E-state index in [9.17, 15) is 10.2 Å². The van der Waals surface area contributed by atoms with Gasteiger partial charge in [0.2, 0.25) is 0 Å². The Balaban J connectivity index is 2.86. The van der Waals surface area contributed by atoms with E-state index >= 15 is 0 Å². The summed E-state index contributed by atoms with van der Waals surface area (Å²) in [4.78, 5) is 0. The molecule has 2 aromatic carbocycles. The Kier molecular flexibility index (Phi) is 3.53. The van der Waals surface area contributed by atoms with Gasteiger partial charge < -0.3 is 14.9 Å². The molecule has 0 heterocycles. The number of aromatic hydroxyl groups is 2. The van der Waals surface area contributed by atoms with Crippen LogP contribution in [0, 0.1) is 0 Å². The summed E-state index contributed by atoms with van der Waals surface area (Å²) < 4.78 is 5.20. The Morgan fingerprint density at radius 2 is 1.89 bits per heavy atom. The van der Waals surface area contributed by atoms with Crippen LogP contribution in [0.15, 0.2) is 18.2 Å². The molecule has 0 bridgehead atoms. The third-order valence-electron chi connectivity index (χ3n) is 2.97. The van der Waals surface area contributed by atoms with Crippen LogP contribution in [0.1, 0.15) is 18.9 Å². The zero-order valence-electron chi connectivity index (χ0n) is 10.3. The van der Waals surface area contributed by atoms with Gasteiger partial charge >= 0.3 is 0 Å². The number of hydrogen-bond acceptors (Lipinski definition) is 3. The van der Waals surface area contributed by atoms with E-state index < -0.39 is 0 Å². The largest absolute Gasteiger partial charge is 0.507 e. The lowest BCUT2D eigenvalue weighted by Gasteiger charge is -2.15. The van der Waals surface area contributed by atoms with Gasteiger partial charge in [-0.05, 0) is 24.6 Å². The second-order valence-electron chi connectivity index (χ2n) is 4.15. The van der Waals surface area contributed by atoms with Crippen molar-refractivity contribution >= 4 is 22.4 Å². The summed E-state index contributed by atoms with van der Waals surface area (Å²) >= 11 is 5.92. The molecule has 0 aliphatic rings. The van der Waals surface area contributed by atoms with E-state index in [1.807, 2.05) is 6.92 Å². The number of phenolic OH excluding ortho intramolecular Hbond substituents is 2. The summed E-state index contributed by atoms with van der Waals surface area (Å²) in [5.74, 6) is 0.513. The number of phenols is 2. The van der Waals surface area contributed by atoms with Gasteiger partial charge in [-0.2, -0.15) is 0 Å². The predicted molar refractivity (Wildman–Crippen MR) is 72.8 cm³/mol. The zero-order chi connectivity index (χ0) is 13.3. The van der Waals surface area contributed by atoms with Gasteiger partial charge in [0.25, 0.3) is 0 Å². The lowest BCUT2D eigenvalue weighted by molar-refractivity contribution is 0.366. The molecule has 0 aromatic heterocycles. The number of methoxy groups -OCH3 is 1. The highest BCUT2D eigenvalue weighted by molar-refractivity contribution is 6.31. The summed E-state index contributed by atoms with van der Waals surface area (Å²) in [6.07, 6.45) is 1.47. The Labute approximate surface area is 111 Å². The number of fused-ring (bicyclic) bond motifs is 1. The number of hydrogen-bond donors (Lipinski definition) is 2. The molecule has 3 nitrogen and oxygen atoms in total. The Morgan fingerprint density at radius 3 is 2.50 bits per heavy atom. The van der Waals surface area contributed by atoms with E-state index in [1.54, 1.807) is 18.2 Å². The first-order valence-corrected chi connectivity index (χ1v) is 6.18. The van der Waals surface area contributed by atoms with Gasteiger partial charge in [-0.25, -0.2) is 0 Å². The highest BCUT2D eigenvalue weighted by Gasteiger charge is 2.19. The second kappa shape index (κ2) is 4.94. The maximum atomic E-state index is 10.3. The minimum Gasteiger partial charge on any atom is -0.507 e. The van der Waals surface area contributed by atoms with E-state index in [0.717, 1.165) is 6.42 Å². The lowest BCUT2D eigenvalue weighted by Crippen LogP contribution is -1.95. The lowest BCUT2D eigenvalue weighted by atomic mass is 10.00. The van der Waals surface area contributed by atoms with Crippen LogP contribution in [0.5, 0.6) is 17.2 Å². The average molecular weight is 267 g/mol. The zero-order valence-corrected chi connectivity index (χ0v) is 11.1. The first kappa shape index (κ1) is 12.8. The summed E-state index contributed by atoms with van der Waals surface area (Å²) in [5.41, 5.74) is 0.618. The molecule has 0 saturated carbocycles. The highest BCUT2D eigenvalue weighted by atomic mass is 35.5. The Morgan fingerprint density at radius 1 is 1.17 bits per heavy atom. The molecule has 18 heavy (non-hydrogen) atoms. The van der Waals surface area contributed by atoms with Crippen LogP contribution >= 0.6 is 11.6 Å². The van der Waals surface area contributed by atoms with Crippen molar-refractivity contribution in [1.29, 1.82) is 0 Å². The second-order valence-corrected chi connectivity index (χ2v) is 4.59. The van der Waals surface area contributed by atoms with Crippen LogP contribution in [-0.2, 0) is 6.42 Å². The molecule has 0 amide bonds. The number of rotatable bonds is 3. The fourth-order valence-electron chi connectivity index (χ4n) is 2.16. The van der Waals surface area contributed by atoms with Crippen molar-refractivity contribution in [3.63, 3.8) is 0 Å². The molecular weight excluding hydrogens is 252 g/mol. The van der Waals surface area contributed by atoms with E-state index in [4.69, 9.17) is 16.3 Å². The van der Waals surface area contributed by atoms with Crippen LogP contribution in [0.25, 0.3) is 10.8 Å². The predicted octanol–water partition coefficient (Wildman–Crippen LogP) is 3.87. The summed E-state index contributed by atoms with van der Waals surface area (Å²) in [6.45, 7) is 2.00. The quantitative estimate of drug-likeness (QED) is 0.829. The van der Waals surface area contributed by atoms with E-state index in [1.165, 1.54) is 7.11 Å². The van der Waals surface area contributed by atoms with Gasteiger partial charge in [-0.1, -0.05) is 24.9 Å². The summed E-state index contributed by atoms with van der Waals surface area (Å²) in [5, 5.41) is 22.1. The molecule has 0 atom stereocenters. The van der Waals surface area contributed by atoms with Crippen molar-refractivity contribution in [3.05, 3.63) is 28.8 Å². The van der Waals surface area contributed by atoms with Gasteiger partial charge in [0, 0.05) is 21.4 Å². The normalized spacial score (nSPS) is 10.8. The van der Waals surface area contributed by atoms with Gasteiger partial charge in [0.05, 0.1) is 7.11 Å². The monoisotopic (exact) mass is 266 g/mol. The number of ether oxygens (including phenoxy) is 1. The molecule has 0 aliphatic heterocycles. The number of halogens is 1. The SMILES string of the molecule is CCCc1c(OC)c(O)c2ccc(Cl)cc2c1O. The van der Waals surface area contributed by atoms with Gasteiger partial charge in [0.15, 0.2) is 11.5 Å². The van der Waals surface area contributed by atoms with Crippen molar-refractivity contribution in [3.8, 4) is 17.2 Å². The maximum absolute atomic E-state index is 10.3. The van der Waals surface area contributed by atoms with Gasteiger partial charge in [0.1, 0.15) is 5.75 Å². The van der Waals surface area contributed by atoms with Crippen LogP contribution in [0.2, 0.25) is 5.02 Å². The first-order valence-electron chi connectivity index (χ1n) is 5.80. The van der Waals surface area contributed by atoms with Gasteiger partial charge in [-0.3, -0.25) is 0 Å². The van der Waals surface area contributed by atoms with Crippen molar-refractivity contribution in [2.75, 3.05) is 7.11 Å². The van der Waals surface area contributed by atoms with Crippen molar-refractivity contribution in [2.45, 2.75) is 19.8 Å². The van der Waals surface area contributed by atoms with E-state index in [2.05, 4.69) is 0 Å². The van der Waals surface area contributed by atoms with Crippen molar-refractivity contribution in [2.24, 2.45) is 0 Å².